The van der Waals surface area contributed by atoms with E-state index in [0.29, 0.717) is 23.9 Å². The van der Waals surface area contributed by atoms with Gasteiger partial charge in [-0.25, -0.2) is 4.79 Å². The van der Waals surface area contributed by atoms with Crippen molar-refractivity contribution in [2.75, 3.05) is 11.9 Å². The van der Waals surface area contributed by atoms with Crippen molar-refractivity contribution in [3.8, 4) is 0 Å². The van der Waals surface area contributed by atoms with Crippen LogP contribution in [0.1, 0.15) is 44.6 Å². The first-order valence-corrected chi connectivity index (χ1v) is 9.73. The molecule has 3 fully saturated rings. The van der Waals surface area contributed by atoms with Gasteiger partial charge in [-0.15, -0.1) is 0 Å². The zero-order valence-electron chi connectivity index (χ0n) is 15.3. The number of hydrogen-bond donors (Lipinski definition) is 1. The Balaban J connectivity index is 1.42. The summed E-state index contributed by atoms with van der Waals surface area (Å²) in [5, 5.41) is 2.47. The van der Waals surface area contributed by atoms with Crippen molar-refractivity contribution in [3.63, 3.8) is 0 Å². The van der Waals surface area contributed by atoms with Gasteiger partial charge >= 0.3 is 12.3 Å². The molecule has 2 bridgehead atoms. The van der Waals surface area contributed by atoms with Crippen molar-refractivity contribution < 1.29 is 22.7 Å². The van der Waals surface area contributed by atoms with Crippen LogP contribution in [0.4, 0.5) is 23.7 Å². The smallest absolute Gasteiger partial charge is 0.416 e. The lowest BCUT2D eigenvalue weighted by atomic mass is 9.81. The van der Waals surface area contributed by atoms with E-state index >= 15 is 0 Å². The molecule has 1 amide bonds. The summed E-state index contributed by atoms with van der Waals surface area (Å²) < 4.78 is 44.2. The molecule has 27 heavy (non-hydrogen) atoms. The zero-order chi connectivity index (χ0) is 19.2. The summed E-state index contributed by atoms with van der Waals surface area (Å²) in [5.74, 6) is 0.856. The molecule has 0 spiro atoms. The van der Waals surface area contributed by atoms with Crippen LogP contribution in [-0.2, 0) is 10.9 Å². The molecule has 1 aromatic carbocycles. The predicted molar refractivity (Wildman–Crippen MR) is 95.4 cm³/mol. The third-order valence-corrected chi connectivity index (χ3v) is 6.57. The van der Waals surface area contributed by atoms with Gasteiger partial charge in [-0.1, -0.05) is 12.5 Å². The van der Waals surface area contributed by atoms with E-state index in [1.54, 1.807) is 0 Å². The lowest BCUT2D eigenvalue weighted by Gasteiger charge is -2.47. The summed E-state index contributed by atoms with van der Waals surface area (Å²) >= 11 is 0. The number of alkyl halides is 3. The van der Waals surface area contributed by atoms with Crippen molar-refractivity contribution >= 4 is 11.8 Å². The van der Waals surface area contributed by atoms with E-state index in [1.807, 2.05) is 0 Å². The molecule has 4 rings (SSSR count). The van der Waals surface area contributed by atoms with Gasteiger partial charge in [-0.05, 0) is 63.3 Å². The molecule has 4 nitrogen and oxygen atoms in total. The lowest BCUT2D eigenvalue weighted by molar-refractivity contribution is -0.137. The van der Waals surface area contributed by atoms with Crippen molar-refractivity contribution in [2.45, 2.75) is 63.4 Å². The summed E-state index contributed by atoms with van der Waals surface area (Å²) in [6.45, 7) is 3.38. The van der Waals surface area contributed by atoms with Crippen LogP contribution in [0, 0.1) is 11.8 Å². The Labute approximate surface area is 157 Å². The maximum absolute atomic E-state index is 12.8. The van der Waals surface area contributed by atoms with Crippen molar-refractivity contribution in [1.29, 1.82) is 0 Å². The predicted octanol–water partition coefficient (Wildman–Crippen LogP) is 4.91. The quantitative estimate of drug-likeness (QED) is 0.791. The molecule has 0 aromatic heterocycles. The van der Waals surface area contributed by atoms with E-state index in [0.717, 1.165) is 37.9 Å². The number of fused-ring (bicyclic) bond motifs is 4. The van der Waals surface area contributed by atoms with Gasteiger partial charge in [0.25, 0.3) is 0 Å². The first-order valence-electron chi connectivity index (χ1n) is 9.73. The number of piperidine rings is 2. The molecule has 5 atom stereocenters. The minimum atomic E-state index is -4.44. The number of hydrogen-bond acceptors (Lipinski definition) is 3. The molecule has 2 aliphatic heterocycles. The third-order valence-electron chi connectivity index (χ3n) is 6.57. The molecule has 7 heteroatoms. The van der Waals surface area contributed by atoms with E-state index in [2.05, 4.69) is 17.1 Å². The maximum atomic E-state index is 12.8. The molecule has 1 N–H and O–H groups in total. The summed E-state index contributed by atoms with van der Waals surface area (Å²) in [7, 11) is 0. The number of carbonyl (C=O) groups excluding carboxylic acids is 1. The van der Waals surface area contributed by atoms with Gasteiger partial charge in [0.1, 0.15) is 6.10 Å². The number of nitrogens with zero attached hydrogens (tertiary/aromatic N) is 1. The standard InChI is InChI=1S/C20H25F3N2O2/c1-12-13-9-16(17-7-2-3-8-25(12)17)18(10-13)27-19(26)24-15-6-4-5-14(11-15)20(21,22)23/h4-6,11-13,16-18H,2-3,7-10H2,1H3,(H,24,26)/t12-,13?,16?,17+,18?/m0/s1. The first kappa shape index (κ1) is 18.6. The number of carbonyl (C=O) groups is 1. The number of amides is 1. The van der Waals surface area contributed by atoms with Crippen LogP contribution in [0.2, 0.25) is 0 Å². The van der Waals surface area contributed by atoms with Crippen LogP contribution in [0.25, 0.3) is 0 Å². The van der Waals surface area contributed by atoms with Gasteiger partial charge < -0.3 is 4.74 Å². The SMILES string of the molecule is C[C@H]1C2CC(OC(=O)Nc3cccc(C(F)(F)F)c3)C(C2)[C@H]2CCCCN21. The number of anilines is 1. The number of benzene rings is 1. The van der Waals surface area contributed by atoms with Crippen LogP contribution in [-0.4, -0.2) is 35.7 Å². The topological polar surface area (TPSA) is 41.6 Å². The van der Waals surface area contributed by atoms with Gasteiger partial charge in [-0.2, -0.15) is 13.2 Å². The van der Waals surface area contributed by atoms with Crippen LogP contribution < -0.4 is 5.32 Å². The second-order valence-corrected chi connectivity index (χ2v) is 8.08. The van der Waals surface area contributed by atoms with Crippen molar-refractivity contribution in [3.05, 3.63) is 29.8 Å². The van der Waals surface area contributed by atoms with Crippen molar-refractivity contribution in [1.82, 2.24) is 4.90 Å². The Kier molecular flexibility index (Phi) is 4.82. The fourth-order valence-corrected chi connectivity index (χ4v) is 5.28. The lowest BCUT2D eigenvalue weighted by Crippen LogP contribution is -2.54. The Morgan fingerprint density at radius 3 is 2.85 bits per heavy atom. The number of ether oxygens (including phenoxy) is 1. The van der Waals surface area contributed by atoms with Crippen LogP contribution in [0.3, 0.4) is 0 Å². The minimum Gasteiger partial charge on any atom is -0.446 e. The molecular weight excluding hydrogens is 357 g/mol. The van der Waals surface area contributed by atoms with Gasteiger partial charge in [0.2, 0.25) is 0 Å². The molecule has 3 unspecified atom stereocenters. The monoisotopic (exact) mass is 382 g/mol. The van der Waals surface area contributed by atoms with E-state index in [-0.39, 0.29) is 11.8 Å². The summed E-state index contributed by atoms with van der Waals surface area (Å²) in [5.41, 5.74) is -0.688. The molecule has 3 aliphatic rings. The van der Waals surface area contributed by atoms with E-state index < -0.39 is 17.8 Å². The highest BCUT2D eigenvalue weighted by Gasteiger charge is 2.51. The van der Waals surface area contributed by atoms with Gasteiger partial charge in [0.05, 0.1) is 5.56 Å². The molecule has 1 aromatic rings. The molecule has 0 radical (unpaired) electrons. The first-order chi connectivity index (χ1) is 12.8. The van der Waals surface area contributed by atoms with E-state index in [4.69, 9.17) is 4.74 Å². The second kappa shape index (κ2) is 7.00. The average Bonchev–Trinajstić information content (AvgIpc) is 2.99. The number of halogens is 3. The Morgan fingerprint density at radius 1 is 1.26 bits per heavy atom. The van der Waals surface area contributed by atoms with Crippen LogP contribution in [0.15, 0.2) is 24.3 Å². The highest BCUT2D eigenvalue weighted by molar-refractivity contribution is 5.84. The van der Waals surface area contributed by atoms with Crippen molar-refractivity contribution in [2.24, 2.45) is 11.8 Å². The largest absolute Gasteiger partial charge is 0.446 e. The molecule has 2 saturated heterocycles. The zero-order valence-corrected chi connectivity index (χ0v) is 15.3. The fraction of sp³-hybridized carbons (Fsp3) is 0.650. The van der Waals surface area contributed by atoms with E-state index in [1.165, 1.54) is 25.0 Å². The van der Waals surface area contributed by atoms with Gasteiger partial charge in [0.15, 0.2) is 0 Å². The van der Waals surface area contributed by atoms with Crippen LogP contribution >= 0.6 is 0 Å². The number of rotatable bonds is 2. The van der Waals surface area contributed by atoms with Gasteiger partial charge in [-0.3, -0.25) is 10.2 Å². The Bertz CT molecular complexity index is 709. The molecule has 1 aliphatic carbocycles. The maximum Gasteiger partial charge on any atom is 0.416 e. The highest BCUT2D eigenvalue weighted by Crippen LogP contribution is 2.48. The summed E-state index contributed by atoms with van der Waals surface area (Å²) in [4.78, 5) is 14.9. The van der Waals surface area contributed by atoms with Crippen LogP contribution in [0.5, 0.6) is 0 Å². The molecular formula is C20H25F3N2O2. The third kappa shape index (κ3) is 3.66. The Hall–Kier alpha value is -1.76. The minimum absolute atomic E-state index is 0.100. The summed E-state index contributed by atoms with van der Waals surface area (Å²) in [6, 6.07) is 5.59. The summed E-state index contributed by atoms with van der Waals surface area (Å²) in [6.07, 6.45) is 0.221. The Morgan fingerprint density at radius 2 is 2.07 bits per heavy atom. The molecule has 2 heterocycles. The number of nitrogens with one attached hydrogen (secondary N) is 1. The average molecular weight is 382 g/mol. The van der Waals surface area contributed by atoms with E-state index in [9.17, 15) is 18.0 Å². The molecule has 1 saturated carbocycles. The second-order valence-electron chi connectivity index (χ2n) is 8.08. The molecule has 148 valence electrons. The normalized spacial score (nSPS) is 33.4. The highest BCUT2D eigenvalue weighted by atomic mass is 19.4. The fourth-order valence-electron chi connectivity index (χ4n) is 5.28. The van der Waals surface area contributed by atoms with Gasteiger partial charge in [0, 0.05) is 23.7 Å².